The van der Waals surface area contributed by atoms with E-state index >= 15 is 0 Å². The fourth-order valence-electron chi connectivity index (χ4n) is 2.64. The molecule has 1 aromatic carbocycles. The molecule has 1 aromatic rings. The molecule has 1 aliphatic heterocycles. The van der Waals surface area contributed by atoms with Crippen LogP contribution in [0.3, 0.4) is 0 Å². The largest absolute Gasteiger partial charge is 0.406 e. The van der Waals surface area contributed by atoms with Gasteiger partial charge in [0.05, 0.1) is 0 Å². The molecule has 0 aliphatic carbocycles. The Labute approximate surface area is 133 Å². The van der Waals surface area contributed by atoms with Crippen LogP contribution >= 0.6 is 0 Å². The zero-order valence-electron chi connectivity index (χ0n) is 13.3. The highest BCUT2D eigenvalue weighted by atomic mass is 19.4. The molecule has 1 saturated heterocycles. The number of ether oxygens (including phenoxy) is 1. The van der Waals surface area contributed by atoms with Gasteiger partial charge in [-0.1, -0.05) is 6.07 Å². The number of carbonyl (C=O) groups is 1. The van der Waals surface area contributed by atoms with E-state index < -0.39 is 24.7 Å². The van der Waals surface area contributed by atoms with E-state index in [2.05, 4.69) is 0 Å². The molecule has 0 unspecified atom stereocenters. The molecule has 4 nitrogen and oxygen atoms in total. The zero-order valence-corrected chi connectivity index (χ0v) is 13.3. The van der Waals surface area contributed by atoms with Crippen molar-refractivity contribution in [2.45, 2.75) is 25.1 Å². The Balaban J connectivity index is 2.26. The third-order valence-electron chi connectivity index (χ3n) is 3.85. The van der Waals surface area contributed by atoms with E-state index in [-0.39, 0.29) is 5.56 Å². The average molecular weight is 330 g/mol. The number of alkyl halides is 3. The molecule has 1 aliphatic rings. The lowest BCUT2D eigenvalue weighted by atomic mass is 10.0. The van der Waals surface area contributed by atoms with Crippen molar-refractivity contribution in [3.8, 4) is 0 Å². The molecule has 0 bridgehead atoms. The molecule has 0 atom stereocenters. The number of hydrogen-bond donors (Lipinski definition) is 0. The normalized spacial score (nSPS) is 16.2. The van der Waals surface area contributed by atoms with E-state index in [0.29, 0.717) is 26.1 Å². The highest BCUT2D eigenvalue weighted by molar-refractivity contribution is 5.95. The predicted molar refractivity (Wildman–Crippen MR) is 81.7 cm³/mol. The molecule has 1 heterocycles. The molecule has 7 heteroatoms. The number of amides is 1. The standard InChI is InChI=1S/C16H21F3N2O2/c1-20(2)14-5-3-4-12(10-14)15(22)21(11-16(17,18)19)13-6-8-23-9-7-13/h3-5,10,13H,6-9,11H2,1-2H3. The van der Waals surface area contributed by atoms with E-state index in [4.69, 9.17) is 4.74 Å². The van der Waals surface area contributed by atoms with Crippen LogP contribution in [-0.2, 0) is 4.74 Å². The van der Waals surface area contributed by atoms with Gasteiger partial charge in [-0.05, 0) is 31.0 Å². The lowest BCUT2D eigenvalue weighted by Crippen LogP contribution is -2.47. The number of benzene rings is 1. The van der Waals surface area contributed by atoms with Crippen LogP contribution in [0, 0.1) is 0 Å². The van der Waals surface area contributed by atoms with Gasteiger partial charge in [0, 0.05) is 44.6 Å². The first kappa shape index (κ1) is 17.6. The topological polar surface area (TPSA) is 32.8 Å². The lowest BCUT2D eigenvalue weighted by Gasteiger charge is -2.35. The molecular formula is C16H21F3N2O2. The lowest BCUT2D eigenvalue weighted by molar-refractivity contribution is -0.147. The van der Waals surface area contributed by atoms with Gasteiger partial charge in [-0.3, -0.25) is 4.79 Å². The van der Waals surface area contributed by atoms with Crippen molar-refractivity contribution in [1.29, 1.82) is 0 Å². The van der Waals surface area contributed by atoms with Crippen LogP contribution in [0.25, 0.3) is 0 Å². The Morgan fingerprint density at radius 1 is 1.26 bits per heavy atom. The SMILES string of the molecule is CN(C)c1cccc(C(=O)N(CC(F)(F)F)C2CCOCC2)c1. The summed E-state index contributed by atoms with van der Waals surface area (Å²) in [5.74, 6) is -0.585. The van der Waals surface area contributed by atoms with Gasteiger partial charge >= 0.3 is 6.18 Å². The fraction of sp³-hybridized carbons (Fsp3) is 0.562. The van der Waals surface area contributed by atoms with Crippen molar-refractivity contribution in [3.63, 3.8) is 0 Å². The monoisotopic (exact) mass is 330 g/mol. The maximum absolute atomic E-state index is 12.9. The van der Waals surface area contributed by atoms with Gasteiger partial charge in [-0.25, -0.2) is 0 Å². The van der Waals surface area contributed by atoms with Gasteiger partial charge in [-0.15, -0.1) is 0 Å². The number of nitrogens with zero attached hydrogens (tertiary/aromatic N) is 2. The molecule has 0 saturated carbocycles. The first-order valence-electron chi connectivity index (χ1n) is 7.51. The first-order valence-corrected chi connectivity index (χ1v) is 7.51. The van der Waals surface area contributed by atoms with Crippen LogP contribution in [0.2, 0.25) is 0 Å². The number of hydrogen-bond acceptors (Lipinski definition) is 3. The minimum Gasteiger partial charge on any atom is -0.381 e. The van der Waals surface area contributed by atoms with E-state index in [0.717, 1.165) is 10.6 Å². The Kier molecular flexibility index (Phi) is 5.51. The third kappa shape index (κ3) is 4.86. The van der Waals surface area contributed by atoms with Gasteiger partial charge in [0.25, 0.3) is 5.91 Å². The van der Waals surface area contributed by atoms with Gasteiger partial charge < -0.3 is 14.5 Å². The average Bonchev–Trinajstić information content (AvgIpc) is 2.52. The van der Waals surface area contributed by atoms with Gasteiger partial charge in [0.15, 0.2) is 0 Å². The van der Waals surface area contributed by atoms with E-state index in [1.807, 2.05) is 14.1 Å². The Hall–Kier alpha value is -1.76. The Morgan fingerprint density at radius 2 is 1.91 bits per heavy atom. The number of rotatable bonds is 4. The molecule has 0 radical (unpaired) electrons. The molecule has 0 N–H and O–H groups in total. The second-order valence-corrected chi connectivity index (χ2v) is 5.84. The van der Waals surface area contributed by atoms with Crippen molar-refractivity contribution >= 4 is 11.6 Å². The summed E-state index contributed by atoms with van der Waals surface area (Å²) in [4.78, 5) is 15.4. The van der Waals surface area contributed by atoms with Gasteiger partial charge in [0.1, 0.15) is 6.54 Å². The summed E-state index contributed by atoms with van der Waals surface area (Å²) in [6.07, 6.45) is -3.57. The van der Waals surface area contributed by atoms with Crippen molar-refractivity contribution < 1.29 is 22.7 Å². The van der Waals surface area contributed by atoms with Crippen LogP contribution < -0.4 is 4.90 Å². The summed E-state index contributed by atoms with van der Waals surface area (Å²) in [5.41, 5.74) is 1.04. The zero-order chi connectivity index (χ0) is 17.0. The number of anilines is 1. The maximum atomic E-state index is 12.9. The quantitative estimate of drug-likeness (QED) is 0.851. The molecule has 1 fully saturated rings. The van der Waals surface area contributed by atoms with Crippen LogP contribution in [0.15, 0.2) is 24.3 Å². The summed E-state index contributed by atoms with van der Waals surface area (Å²) in [6.45, 7) is -0.475. The molecule has 0 spiro atoms. The second-order valence-electron chi connectivity index (χ2n) is 5.84. The highest BCUT2D eigenvalue weighted by Gasteiger charge is 2.37. The van der Waals surface area contributed by atoms with E-state index in [1.165, 1.54) is 0 Å². The minimum atomic E-state index is -4.42. The minimum absolute atomic E-state index is 0.270. The van der Waals surface area contributed by atoms with Crippen LogP contribution in [0.5, 0.6) is 0 Å². The molecule has 23 heavy (non-hydrogen) atoms. The highest BCUT2D eigenvalue weighted by Crippen LogP contribution is 2.25. The molecule has 1 amide bonds. The van der Waals surface area contributed by atoms with E-state index in [1.54, 1.807) is 29.2 Å². The molecular weight excluding hydrogens is 309 g/mol. The fourth-order valence-corrected chi connectivity index (χ4v) is 2.64. The van der Waals surface area contributed by atoms with Crippen LogP contribution in [0.4, 0.5) is 18.9 Å². The van der Waals surface area contributed by atoms with Crippen molar-refractivity contribution in [2.75, 3.05) is 38.8 Å². The Bertz CT molecular complexity index is 540. The van der Waals surface area contributed by atoms with Gasteiger partial charge in [-0.2, -0.15) is 13.2 Å². The van der Waals surface area contributed by atoms with Crippen LogP contribution in [-0.4, -0.2) is 56.9 Å². The van der Waals surface area contributed by atoms with Crippen molar-refractivity contribution in [1.82, 2.24) is 4.90 Å². The van der Waals surface area contributed by atoms with E-state index in [9.17, 15) is 18.0 Å². The molecule has 2 rings (SSSR count). The van der Waals surface area contributed by atoms with Gasteiger partial charge in [0.2, 0.25) is 0 Å². The maximum Gasteiger partial charge on any atom is 0.406 e. The number of halogens is 3. The molecule has 128 valence electrons. The summed E-state index contributed by atoms with van der Waals surface area (Å²) >= 11 is 0. The smallest absolute Gasteiger partial charge is 0.381 e. The Morgan fingerprint density at radius 3 is 2.48 bits per heavy atom. The first-order chi connectivity index (χ1) is 10.8. The number of carbonyl (C=O) groups excluding carboxylic acids is 1. The summed E-state index contributed by atoms with van der Waals surface area (Å²) in [5, 5.41) is 0. The predicted octanol–water partition coefficient (Wildman–Crippen LogP) is 2.94. The summed E-state index contributed by atoms with van der Waals surface area (Å²) in [7, 11) is 3.63. The van der Waals surface area contributed by atoms with Crippen molar-refractivity contribution in [3.05, 3.63) is 29.8 Å². The summed E-state index contributed by atoms with van der Waals surface area (Å²) < 4.78 is 43.9. The van der Waals surface area contributed by atoms with Crippen LogP contribution in [0.1, 0.15) is 23.2 Å². The molecule has 0 aromatic heterocycles. The summed E-state index contributed by atoms with van der Waals surface area (Å²) in [6, 6.07) is 6.21. The van der Waals surface area contributed by atoms with Crippen molar-refractivity contribution in [2.24, 2.45) is 0 Å². The second kappa shape index (κ2) is 7.21. The third-order valence-corrected chi connectivity index (χ3v) is 3.85.